The van der Waals surface area contributed by atoms with Gasteiger partial charge in [-0.3, -0.25) is 0 Å². The summed E-state index contributed by atoms with van der Waals surface area (Å²) in [7, 11) is 0. The zero-order valence-electron chi connectivity index (χ0n) is 43.1. The van der Waals surface area contributed by atoms with Crippen LogP contribution < -0.4 is 0 Å². The van der Waals surface area contributed by atoms with E-state index >= 15 is 0 Å². The maximum Gasteiger partial charge on any atom is 0.348 e. The third-order valence-corrected chi connectivity index (χ3v) is 14.0. The molecular weight excluding hydrogens is 1040 g/mol. The molecule has 0 aromatic heterocycles. The topological polar surface area (TPSA) is 325 Å². The van der Waals surface area contributed by atoms with E-state index in [2.05, 4.69) is 0 Å². The molecule has 0 amide bonds. The molecule has 0 atom stereocenters. The molecule has 0 aromatic carbocycles. The highest BCUT2D eigenvalue weighted by atomic mass is 16.8. The van der Waals surface area contributed by atoms with Gasteiger partial charge >= 0.3 is 53.7 Å². The maximum absolute atomic E-state index is 13.1. The average molecular weight is 1100 g/mol. The van der Waals surface area contributed by atoms with Crippen LogP contribution in [0.25, 0.3) is 0 Å². The van der Waals surface area contributed by atoms with Gasteiger partial charge in [0.25, 0.3) is 52.6 Å². The highest BCUT2D eigenvalue weighted by molar-refractivity contribution is 6.17. The number of aliphatic hydroxyl groups excluding tert-OH is 3. The smallest absolute Gasteiger partial charge is 0.348 e. The van der Waals surface area contributed by atoms with Gasteiger partial charge < -0.3 is 72.2 Å². The number of carbonyl (C=O) groups is 9. The van der Waals surface area contributed by atoms with Crippen molar-refractivity contribution in [3.05, 3.63) is 142 Å². The van der Waals surface area contributed by atoms with E-state index in [9.17, 15) is 58.5 Å². The van der Waals surface area contributed by atoms with Gasteiger partial charge in [-0.05, 0) is 36.5 Å². The van der Waals surface area contributed by atoms with Gasteiger partial charge in [-0.15, -0.1) is 0 Å². The molecule has 8 aliphatic rings. The van der Waals surface area contributed by atoms with E-state index < -0.39 is 117 Å². The van der Waals surface area contributed by atoms with Crippen LogP contribution in [0.15, 0.2) is 142 Å². The molecule has 2 saturated carbocycles. The van der Waals surface area contributed by atoms with Gasteiger partial charge in [0.15, 0.2) is 0 Å². The van der Waals surface area contributed by atoms with E-state index in [1.807, 2.05) is 0 Å². The average Bonchev–Trinajstić information content (AvgIpc) is 3.39. The molecule has 4 spiro atoms. The van der Waals surface area contributed by atoms with Crippen molar-refractivity contribution in [3.63, 3.8) is 0 Å². The first kappa shape index (κ1) is 56.1. The number of carbonyl (C=O) groups excluding carboxylic acids is 9. The second-order valence-corrected chi connectivity index (χ2v) is 18.8. The summed E-state index contributed by atoms with van der Waals surface area (Å²) in [4.78, 5) is 115. The van der Waals surface area contributed by atoms with Gasteiger partial charge in [0.05, 0.1) is 0 Å². The predicted octanol–water partition coefficient (Wildman–Crippen LogP) is 6.40. The normalized spacial score (nSPS) is 26.6. The summed E-state index contributed by atoms with van der Waals surface area (Å²) >= 11 is 0. The van der Waals surface area contributed by atoms with Gasteiger partial charge in [-0.25, -0.2) is 43.2 Å². The molecule has 3 saturated heterocycles. The van der Waals surface area contributed by atoms with Gasteiger partial charge in [-0.1, -0.05) is 82.4 Å². The van der Waals surface area contributed by atoms with Crippen molar-refractivity contribution in [2.45, 2.75) is 139 Å². The number of hydrogen-bond donors (Lipinski definition) is 3. The molecule has 0 radical (unpaired) electrons. The van der Waals surface area contributed by atoms with Crippen LogP contribution in [0.1, 0.15) is 105 Å². The van der Waals surface area contributed by atoms with E-state index in [1.165, 1.54) is 72.9 Å². The molecule has 24 heteroatoms. The van der Waals surface area contributed by atoms with Crippen LogP contribution in [0, 0.1) is 0 Å². The highest BCUT2D eigenvalue weighted by Gasteiger charge is 2.58. The van der Waals surface area contributed by atoms with Gasteiger partial charge in [0, 0.05) is 77.0 Å². The zero-order chi connectivity index (χ0) is 57.0. The van der Waals surface area contributed by atoms with Crippen molar-refractivity contribution in [2.24, 2.45) is 0 Å². The van der Waals surface area contributed by atoms with Crippen molar-refractivity contribution in [2.75, 3.05) is 0 Å². The number of esters is 9. The summed E-state index contributed by atoms with van der Waals surface area (Å²) in [6.45, 7) is 6.91. The molecule has 0 bridgehead atoms. The number of allylic oxidation sites excluding steroid dienone is 12. The maximum atomic E-state index is 13.1. The molecule has 2 aliphatic carbocycles. The summed E-state index contributed by atoms with van der Waals surface area (Å²) in [5.74, 6) is -20.0. The summed E-state index contributed by atoms with van der Waals surface area (Å²) in [6.07, 6.45) is 18.7. The molecule has 0 unspecified atom stereocenters. The summed E-state index contributed by atoms with van der Waals surface area (Å²) in [5.41, 5.74) is -2.22. The largest absolute Gasteiger partial charge is 0.480 e. The van der Waals surface area contributed by atoms with Gasteiger partial charge in [-0.2, -0.15) is 0 Å². The Labute approximate surface area is 449 Å². The lowest BCUT2D eigenvalue weighted by Gasteiger charge is -2.46. The molecule has 418 valence electrons. The fourth-order valence-corrected chi connectivity index (χ4v) is 9.19. The van der Waals surface area contributed by atoms with Crippen molar-refractivity contribution in [1.82, 2.24) is 0 Å². The van der Waals surface area contributed by atoms with E-state index in [1.54, 1.807) is 27.7 Å². The van der Waals surface area contributed by atoms with Crippen LogP contribution in [-0.4, -0.2) is 104 Å². The van der Waals surface area contributed by atoms with Crippen molar-refractivity contribution >= 4 is 53.7 Å². The van der Waals surface area contributed by atoms with E-state index in [4.69, 9.17) is 56.8 Å². The first-order valence-corrected chi connectivity index (χ1v) is 25.2. The van der Waals surface area contributed by atoms with Crippen LogP contribution >= 0.6 is 0 Å². The predicted molar refractivity (Wildman–Crippen MR) is 261 cm³/mol. The van der Waals surface area contributed by atoms with E-state index in [0.717, 1.165) is 18.2 Å². The molecule has 3 N–H and O–H groups in total. The summed E-state index contributed by atoms with van der Waals surface area (Å²) in [6, 6.07) is 0. The molecule has 24 nitrogen and oxygen atoms in total. The van der Waals surface area contributed by atoms with Crippen molar-refractivity contribution in [1.29, 1.82) is 0 Å². The van der Waals surface area contributed by atoms with Crippen LogP contribution in [0.4, 0.5) is 0 Å². The van der Waals surface area contributed by atoms with Crippen LogP contribution in [0.5, 0.6) is 0 Å². The SMILES string of the molecule is CCC1(CC)OC(=O)C(=CC=CC=CC2=C(O)OC3(CCC4(CC3)OC(=O)C(C=CC=CC=C3C(=O)OC5(CCC6(CC5)OC(=O)C(=C/C=C/C=C/C5=C(O)OC(CC)(CC)OC5=O)C(=O)O6)OC3=O)=C(O)O4)OC2=O)C(=O)O1. The molecule has 6 aliphatic heterocycles. The Morgan fingerprint density at radius 2 is 0.532 bits per heavy atom. The van der Waals surface area contributed by atoms with E-state index in [-0.39, 0.29) is 86.5 Å². The van der Waals surface area contributed by atoms with Gasteiger partial charge in [0.2, 0.25) is 0 Å². The fourth-order valence-electron chi connectivity index (χ4n) is 9.19. The summed E-state index contributed by atoms with van der Waals surface area (Å²) in [5, 5.41) is 31.7. The molecule has 5 fully saturated rings. The number of aliphatic hydroxyl groups is 3. The Morgan fingerprint density at radius 3 is 0.810 bits per heavy atom. The minimum Gasteiger partial charge on any atom is -0.480 e. The van der Waals surface area contributed by atoms with E-state index in [0.29, 0.717) is 12.8 Å². The number of rotatable bonds is 13. The Bertz CT molecular complexity index is 2940. The summed E-state index contributed by atoms with van der Waals surface area (Å²) < 4.78 is 66.0. The van der Waals surface area contributed by atoms with Crippen LogP contribution in [0.3, 0.4) is 0 Å². The fraction of sp³-hybridized carbons (Fsp3) is 0.400. The molecular formula is C55H54O24. The minimum atomic E-state index is -1.75. The number of cyclic esters (lactones) is 3. The Balaban J connectivity index is 0.790. The second-order valence-electron chi connectivity index (χ2n) is 18.8. The third-order valence-electron chi connectivity index (χ3n) is 14.0. The Morgan fingerprint density at radius 1 is 0.304 bits per heavy atom. The highest BCUT2D eigenvalue weighted by Crippen LogP contribution is 2.48. The first-order valence-electron chi connectivity index (χ1n) is 25.2. The minimum absolute atomic E-state index is 0.136. The molecule has 79 heavy (non-hydrogen) atoms. The lowest BCUT2D eigenvalue weighted by atomic mass is 9.87. The second kappa shape index (κ2) is 22.1. The van der Waals surface area contributed by atoms with Crippen molar-refractivity contribution < 1.29 is 115 Å². The zero-order valence-corrected chi connectivity index (χ0v) is 43.1. The number of hydrogen-bond acceptors (Lipinski definition) is 24. The Kier molecular flexibility index (Phi) is 15.7. The van der Waals surface area contributed by atoms with Crippen molar-refractivity contribution in [3.8, 4) is 0 Å². The lowest BCUT2D eigenvalue weighted by Crippen LogP contribution is -2.56. The van der Waals surface area contributed by atoms with Gasteiger partial charge in [0.1, 0.15) is 33.4 Å². The Hall–Kier alpha value is -9.09. The molecule has 8 rings (SSSR count). The number of ether oxygens (including phenoxy) is 12. The molecule has 6 heterocycles. The monoisotopic (exact) mass is 1100 g/mol. The quantitative estimate of drug-likeness (QED) is 0.0590. The lowest BCUT2D eigenvalue weighted by molar-refractivity contribution is -0.302. The molecule has 0 aromatic rings. The third kappa shape index (κ3) is 11.6. The standard InChI is InChI=1S/C55H54O24/c1-5-50(6-2)68-38(56)32(39(57)69-50)18-12-9-14-20-34-42(60)72-52(73-43(34)61)24-28-54(29-25-52)76-46(64)36(47(65)77-54)22-16-11-17-23-37-48(66)78-55(79-49(37)67)30-26-53(27-31-55)74-44(62)35(45(63)75-53)21-15-10-13-19-33-40(58)70-51(7-3,8-4)71-41(33)59/h9-23,56,62,66H,5-8,24-31H2,1-4H3/b13-10?,14-9+,16-11?,18-12+,21-15?,23-17?,34-20?,36-22?. The van der Waals surface area contributed by atoms with Crippen LogP contribution in [-0.2, 0) is 100.0 Å². The van der Waals surface area contributed by atoms with Crippen LogP contribution in [0.2, 0.25) is 0 Å². The first-order chi connectivity index (χ1) is 37.6.